The van der Waals surface area contributed by atoms with Gasteiger partial charge in [0.05, 0.1) is 17.8 Å². The Morgan fingerprint density at radius 3 is 2.39 bits per heavy atom. The molecular formula is C18H29NO4. The summed E-state index contributed by atoms with van der Waals surface area (Å²) in [6.07, 6.45) is 5.58. The highest BCUT2D eigenvalue weighted by Gasteiger charge is 2.16. The summed E-state index contributed by atoms with van der Waals surface area (Å²) in [5, 5.41) is 27.7. The Balaban J connectivity index is 0.000000277. The first-order chi connectivity index (χ1) is 11.0. The van der Waals surface area contributed by atoms with Crippen LogP contribution in [0.15, 0.2) is 24.3 Å². The second kappa shape index (κ2) is 10.4. The van der Waals surface area contributed by atoms with Gasteiger partial charge in [0.1, 0.15) is 0 Å². The summed E-state index contributed by atoms with van der Waals surface area (Å²) in [6.45, 7) is 2.04. The highest BCUT2D eigenvalue weighted by Crippen LogP contribution is 2.22. The third-order valence-electron chi connectivity index (χ3n) is 4.12. The van der Waals surface area contributed by atoms with Gasteiger partial charge < -0.3 is 21.1 Å². The van der Waals surface area contributed by atoms with E-state index in [1.807, 2.05) is 6.92 Å². The van der Waals surface area contributed by atoms with Crippen molar-refractivity contribution >= 4 is 5.97 Å². The van der Waals surface area contributed by atoms with Crippen LogP contribution in [0.1, 0.15) is 73.9 Å². The van der Waals surface area contributed by atoms with Crippen LogP contribution >= 0.6 is 0 Å². The van der Waals surface area contributed by atoms with Gasteiger partial charge in [0.25, 0.3) is 0 Å². The van der Waals surface area contributed by atoms with Gasteiger partial charge in [-0.15, -0.1) is 0 Å². The molecule has 2 rings (SSSR count). The van der Waals surface area contributed by atoms with Crippen molar-refractivity contribution in [2.75, 3.05) is 0 Å². The number of rotatable bonds is 5. The minimum absolute atomic E-state index is 0.0604. The normalized spacial score (nSPS) is 21.9. The molecule has 0 aliphatic heterocycles. The molecule has 0 saturated heterocycles. The van der Waals surface area contributed by atoms with Crippen molar-refractivity contribution in [2.24, 2.45) is 5.73 Å². The van der Waals surface area contributed by atoms with E-state index in [2.05, 4.69) is 0 Å². The SMILES string of the molecule is CCCCC(O)c1ccccc1C(=O)O.NC1CCC(O)CC1. The molecule has 1 unspecified atom stereocenters. The molecule has 0 aromatic heterocycles. The van der Waals surface area contributed by atoms with Gasteiger partial charge >= 0.3 is 5.97 Å². The third kappa shape index (κ3) is 7.12. The monoisotopic (exact) mass is 323 g/mol. The van der Waals surface area contributed by atoms with E-state index >= 15 is 0 Å². The molecule has 1 saturated carbocycles. The molecule has 5 N–H and O–H groups in total. The molecule has 1 fully saturated rings. The van der Waals surface area contributed by atoms with Crippen LogP contribution in [-0.2, 0) is 0 Å². The molecule has 1 aromatic carbocycles. The number of aliphatic hydroxyl groups excluding tert-OH is 2. The first kappa shape index (κ1) is 19.6. The number of aliphatic hydroxyl groups is 2. The van der Waals surface area contributed by atoms with Crippen molar-refractivity contribution in [1.29, 1.82) is 0 Å². The lowest BCUT2D eigenvalue weighted by Gasteiger charge is -2.21. The summed E-state index contributed by atoms with van der Waals surface area (Å²) in [6, 6.07) is 6.96. The Kier molecular flexibility index (Phi) is 8.84. The van der Waals surface area contributed by atoms with E-state index in [-0.39, 0.29) is 11.7 Å². The maximum Gasteiger partial charge on any atom is 0.336 e. The Labute approximate surface area is 138 Å². The molecule has 1 aromatic rings. The molecule has 1 aliphatic rings. The van der Waals surface area contributed by atoms with Gasteiger partial charge in [-0.05, 0) is 43.7 Å². The lowest BCUT2D eigenvalue weighted by Crippen LogP contribution is -2.28. The van der Waals surface area contributed by atoms with E-state index in [1.165, 1.54) is 6.07 Å². The molecule has 5 heteroatoms. The highest BCUT2D eigenvalue weighted by atomic mass is 16.4. The zero-order chi connectivity index (χ0) is 17.2. The van der Waals surface area contributed by atoms with Crippen molar-refractivity contribution in [3.05, 3.63) is 35.4 Å². The van der Waals surface area contributed by atoms with Crippen LogP contribution in [-0.4, -0.2) is 33.4 Å². The summed E-state index contributed by atoms with van der Waals surface area (Å²) in [5.74, 6) is -0.985. The van der Waals surface area contributed by atoms with Gasteiger partial charge in [0, 0.05) is 6.04 Å². The minimum atomic E-state index is -0.985. The molecule has 23 heavy (non-hydrogen) atoms. The number of benzene rings is 1. The Hall–Kier alpha value is -1.43. The van der Waals surface area contributed by atoms with Crippen LogP contribution in [0.3, 0.4) is 0 Å². The van der Waals surface area contributed by atoms with Gasteiger partial charge in [-0.2, -0.15) is 0 Å². The fraction of sp³-hybridized carbons (Fsp3) is 0.611. The summed E-state index contributed by atoms with van der Waals surface area (Å²) < 4.78 is 0. The molecule has 1 aliphatic carbocycles. The zero-order valence-electron chi connectivity index (χ0n) is 13.8. The second-order valence-corrected chi connectivity index (χ2v) is 6.12. The Morgan fingerprint density at radius 2 is 1.87 bits per heavy atom. The van der Waals surface area contributed by atoms with Crippen molar-refractivity contribution in [2.45, 2.75) is 70.1 Å². The number of carboxylic acids is 1. The molecule has 130 valence electrons. The van der Waals surface area contributed by atoms with Crippen LogP contribution < -0.4 is 5.73 Å². The zero-order valence-corrected chi connectivity index (χ0v) is 13.8. The van der Waals surface area contributed by atoms with Crippen LogP contribution in [0.4, 0.5) is 0 Å². The molecule has 0 heterocycles. The molecule has 5 nitrogen and oxygen atoms in total. The Bertz CT molecular complexity index is 460. The fourth-order valence-corrected chi connectivity index (χ4v) is 2.64. The third-order valence-corrected chi connectivity index (χ3v) is 4.12. The average Bonchev–Trinajstić information content (AvgIpc) is 2.56. The van der Waals surface area contributed by atoms with E-state index < -0.39 is 12.1 Å². The standard InChI is InChI=1S/C12H16O3.C6H13NO/c1-2-3-8-11(13)9-6-4-5-7-10(9)12(14)15;7-5-1-3-6(8)4-2-5/h4-7,11,13H,2-3,8H2,1H3,(H,14,15);5-6,8H,1-4,7H2. The first-order valence-corrected chi connectivity index (χ1v) is 8.39. The van der Waals surface area contributed by atoms with Crippen molar-refractivity contribution in [1.82, 2.24) is 0 Å². The fourth-order valence-electron chi connectivity index (χ4n) is 2.64. The lowest BCUT2D eigenvalue weighted by atomic mass is 9.94. The van der Waals surface area contributed by atoms with Crippen molar-refractivity contribution < 1.29 is 20.1 Å². The molecule has 0 radical (unpaired) electrons. The summed E-state index contributed by atoms with van der Waals surface area (Å²) in [5.41, 5.74) is 6.29. The number of carboxylic acid groups (broad SMARTS) is 1. The first-order valence-electron chi connectivity index (χ1n) is 8.39. The predicted molar refractivity (Wildman–Crippen MR) is 90.3 cm³/mol. The number of aromatic carboxylic acids is 1. The maximum atomic E-state index is 10.9. The summed E-state index contributed by atoms with van der Waals surface area (Å²) >= 11 is 0. The maximum absolute atomic E-state index is 10.9. The lowest BCUT2D eigenvalue weighted by molar-refractivity contribution is 0.0688. The van der Waals surface area contributed by atoms with Crippen LogP contribution in [0.2, 0.25) is 0 Å². The smallest absolute Gasteiger partial charge is 0.336 e. The topological polar surface area (TPSA) is 104 Å². The quantitative estimate of drug-likeness (QED) is 0.667. The van der Waals surface area contributed by atoms with E-state index in [0.29, 0.717) is 18.0 Å². The van der Waals surface area contributed by atoms with Gasteiger partial charge in [-0.3, -0.25) is 0 Å². The van der Waals surface area contributed by atoms with Gasteiger partial charge in [-0.1, -0.05) is 38.0 Å². The minimum Gasteiger partial charge on any atom is -0.478 e. The van der Waals surface area contributed by atoms with Crippen LogP contribution in [0.25, 0.3) is 0 Å². The van der Waals surface area contributed by atoms with Gasteiger partial charge in [0.2, 0.25) is 0 Å². The van der Waals surface area contributed by atoms with E-state index in [4.69, 9.17) is 15.9 Å². The van der Waals surface area contributed by atoms with Crippen LogP contribution in [0.5, 0.6) is 0 Å². The number of unbranched alkanes of at least 4 members (excludes halogenated alkanes) is 1. The van der Waals surface area contributed by atoms with Gasteiger partial charge in [0.15, 0.2) is 0 Å². The summed E-state index contributed by atoms with van der Waals surface area (Å²) in [7, 11) is 0. The highest BCUT2D eigenvalue weighted by molar-refractivity contribution is 5.89. The largest absolute Gasteiger partial charge is 0.478 e. The summed E-state index contributed by atoms with van der Waals surface area (Å²) in [4.78, 5) is 10.9. The molecule has 0 amide bonds. The van der Waals surface area contributed by atoms with Crippen molar-refractivity contribution in [3.63, 3.8) is 0 Å². The molecule has 0 bridgehead atoms. The molecule has 1 atom stereocenters. The number of carbonyl (C=O) groups is 1. The number of hydrogen-bond donors (Lipinski definition) is 4. The Morgan fingerprint density at radius 1 is 1.26 bits per heavy atom. The molecule has 0 spiro atoms. The van der Waals surface area contributed by atoms with Crippen LogP contribution in [0, 0.1) is 0 Å². The van der Waals surface area contributed by atoms with Crippen molar-refractivity contribution in [3.8, 4) is 0 Å². The van der Waals surface area contributed by atoms with Gasteiger partial charge in [-0.25, -0.2) is 4.79 Å². The number of nitrogens with two attached hydrogens (primary N) is 1. The van der Waals surface area contributed by atoms with E-state index in [1.54, 1.807) is 18.2 Å². The van der Waals surface area contributed by atoms with E-state index in [9.17, 15) is 9.90 Å². The van der Waals surface area contributed by atoms with E-state index in [0.717, 1.165) is 38.5 Å². The average molecular weight is 323 g/mol. The predicted octanol–water partition coefficient (Wildman–Crippen LogP) is 2.86. The second-order valence-electron chi connectivity index (χ2n) is 6.12. The molecular weight excluding hydrogens is 294 g/mol. The number of hydrogen-bond acceptors (Lipinski definition) is 4.